The summed E-state index contributed by atoms with van der Waals surface area (Å²) in [5.41, 5.74) is 2.00. The maximum atomic E-state index is 11.9. The van der Waals surface area contributed by atoms with Gasteiger partial charge in [0.25, 0.3) is 0 Å². The highest BCUT2D eigenvalue weighted by atomic mass is 32.3. The van der Waals surface area contributed by atoms with Crippen LogP contribution in [0.25, 0.3) is 11.0 Å². The van der Waals surface area contributed by atoms with Gasteiger partial charge in [0.1, 0.15) is 29.5 Å². The number of benzene rings is 1. The highest BCUT2D eigenvalue weighted by Crippen LogP contribution is 2.34. The van der Waals surface area contributed by atoms with E-state index in [0.717, 1.165) is 27.9 Å². The molecule has 1 atom stereocenters. The quantitative estimate of drug-likeness (QED) is 0.279. The molecule has 0 aliphatic heterocycles. The molecule has 214 valence electrons. The summed E-state index contributed by atoms with van der Waals surface area (Å²) in [5, 5.41) is 13.1. The number of rotatable bonds is 12. The molecule has 9 nitrogen and oxygen atoms in total. The number of alkyl carbamates (subject to hydrolysis) is 1. The lowest BCUT2D eigenvalue weighted by Crippen LogP contribution is -2.37. The van der Waals surface area contributed by atoms with Crippen molar-refractivity contribution < 1.29 is 28.9 Å². The summed E-state index contributed by atoms with van der Waals surface area (Å²) < 4.78 is 19.3. The standard InChI is InChI=1S/C29H41N3O6S/c1-20-18-32(19-36-14-15-39(5,6)7)26-25(20)24(12-13-30-26)37-23-10-8-21(9-11-23)16-22(27(33)34)17-31-28(35)38-29(2,3)4/h8-13,18,22H,14-17,19H2,1-7H3,(H,31,35)(H,33,34). The number of carbonyl (C=O) groups excluding carboxylic acids is 1. The molecule has 0 saturated heterocycles. The zero-order valence-electron chi connectivity index (χ0n) is 23.9. The van der Waals surface area contributed by atoms with E-state index in [4.69, 9.17) is 14.2 Å². The van der Waals surface area contributed by atoms with E-state index in [-0.39, 0.29) is 13.0 Å². The van der Waals surface area contributed by atoms with Crippen molar-refractivity contribution in [2.75, 3.05) is 37.7 Å². The molecule has 0 fully saturated rings. The van der Waals surface area contributed by atoms with Crippen molar-refractivity contribution in [1.29, 1.82) is 0 Å². The molecule has 2 aromatic heterocycles. The number of nitrogens with zero attached hydrogens (tertiary/aromatic N) is 2. The van der Waals surface area contributed by atoms with Crippen LogP contribution >= 0.6 is 10.0 Å². The van der Waals surface area contributed by atoms with Gasteiger partial charge in [0.2, 0.25) is 0 Å². The van der Waals surface area contributed by atoms with E-state index in [0.29, 0.717) is 24.8 Å². The second kappa shape index (κ2) is 12.7. The SMILES string of the molecule is Cc1cn(COCCS(C)(C)C)c2nccc(Oc3ccc(CC(CNC(=O)OC(C)(C)C)C(=O)O)cc3)c12. The largest absolute Gasteiger partial charge is 0.481 e. The third-order valence-corrected chi connectivity index (χ3v) is 7.24. The number of amides is 1. The maximum Gasteiger partial charge on any atom is 0.407 e. The molecule has 0 bridgehead atoms. The molecule has 3 rings (SSSR count). The monoisotopic (exact) mass is 559 g/mol. The molecule has 2 heterocycles. The van der Waals surface area contributed by atoms with Gasteiger partial charge in [-0.05, 0) is 82.2 Å². The van der Waals surface area contributed by atoms with E-state index < -0.39 is 33.6 Å². The number of pyridine rings is 1. The van der Waals surface area contributed by atoms with Crippen LogP contribution in [0.15, 0.2) is 42.7 Å². The first kappa shape index (κ1) is 30.3. The predicted molar refractivity (Wildman–Crippen MR) is 156 cm³/mol. The summed E-state index contributed by atoms with van der Waals surface area (Å²) in [5.74, 6) is 0.582. The minimum atomic E-state index is -0.991. The molecule has 1 amide bonds. The number of fused-ring (bicyclic) bond motifs is 1. The van der Waals surface area contributed by atoms with Crippen LogP contribution in [0.1, 0.15) is 31.9 Å². The van der Waals surface area contributed by atoms with Gasteiger partial charge in [-0.2, -0.15) is 0 Å². The molecule has 1 unspecified atom stereocenters. The minimum absolute atomic E-state index is 0.0329. The van der Waals surface area contributed by atoms with E-state index in [9.17, 15) is 14.7 Å². The van der Waals surface area contributed by atoms with Crippen LogP contribution in [0.3, 0.4) is 0 Å². The lowest BCUT2D eigenvalue weighted by atomic mass is 9.99. The van der Waals surface area contributed by atoms with Crippen LogP contribution in [0.5, 0.6) is 11.5 Å². The summed E-state index contributed by atoms with van der Waals surface area (Å²) in [7, 11) is -0.605. The molecule has 0 spiro atoms. The first-order valence-electron chi connectivity index (χ1n) is 12.9. The molecule has 39 heavy (non-hydrogen) atoms. The third kappa shape index (κ3) is 9.47. The van der Waals surface area contributed by atoms with Gasteiger partial charge in [-0.15, -0.1) is 0 Å². The van der Waals surface area contributed by atoms with Crippen molar-refractivity contribution in [2.24, 2.45) is 5.92 Å². The predicted octanol–water partition coefficient (Wildman–Crippen LogP) is 5.57. The molecular formula is C29H41N3O6S. The molecule has 0 radical (unpaired) electrons. The summed E-state index contributed by atoms with van der Waals surface area (Å²) in [6, 6.07) is 9.12. The van der Waals surface area contributed by atoms with Crippen LogP contribution < -0.4 is 10.1 Å². The van der Waals surface area contributed by atoms with E-state index >= 15 is 0 Å². The number of ether oxygens (including phenoxy) is 3. The van der Waals surface area contributed by atoms with Crippen LogP contribution in [0.4, 0.5) is 4.79 Å². The molecule has 0 saturated carbocycles. The Labute approximate surface area is 232 Å². The van der Waals surface area contributed by atoms with Crippen LogP contribution in [0, 0.1) is 12.8 Å². The van der Waals surface area contributed by atoms with Crippen LogP contribution in [-0.2, 0) is 27.4 Å². The van der Waals surface area contributed by atoms with Gasteiger partial charge < -0.3 is 29.2 Å². The van der Waals surface area contributed by atoms with Crippen molar-refractivity contribution in [2.45, 2.75) is 46.4 Å². The van der Waals surface area contributed by atoms with Gasteiger partial charge >= 0.3 is 12.1 Å². The number of nitrogens with one attached hydrogen (secondary N) is 1. The summed E-state index contributed by atoms with van der Waals surface area (Å²) in [6.45, 7) is 8.38. The van der Waals surface area contributed by atoms with Crippen molar-refractivity contribution in [3.63, 3.8) is 0 Å². The zero-order valence-corrected chi connectivity index (χ0v) is 24.8. The Morgan fingerprint density at radius 1 is 1.13 bits per heavy atom. The number of carboxylic acid groups (broad SMARTS) is 1. The molecular weight excluding hydrogens is 518 g/mol. The number of hydrogen-bond donors (Lipinski definition) is 2. The van der Waals surface area contributed by atoms with E-state index in [1.807, 2.05) is 48.0 Å². The average Bonchev–Trinajstić information content (AvgIpc) is 3.15. The Morgan fingerprint density at radius 2 is 1.82 bits per heavy atom. The Balaban J connectivity index is 1.65. The Hall–Kier alpha value is -3.24. The van der Waals surface area contributed by atoms with Gasteiger partial charge in [0.15, 0.2) is 0 Å². The highest BCUT2D eigenvalue weighted by molar-refractivity contribution is 8.32. The van der Waals surface area contributed by atoms with Gasteiger partial charge in [-0.3, -0.25) is 4.79 Å². The lowest BCUT2D eigenvalue weighted by Gasteiger charge is -2.24. The van der Waals surface area contributed by atoms with Gasteiger partial charge in [0, 0.05) is 24.7 Å². The first-order chi connectivity index (χ1) is 18.2. The van der Waals surface area contributed by atoms with Crippen molar-refractivity contribution in [3.8, 4) is 11.5 Å². The summed E-state index contributed by atoms with van der Waals surface area (Å²) >= 11 is 0. The first-order valence-corrected chi connectivity index (χ1v) is 15.9. The number of carbonyl (C=O) groups is 2. The number of aliphatic carboxylic acids is 1. The zero-order chi connectivity index (χ0) is 28.8. The highest BCUT2D eigenvalue weighted by Gasteiger charge is 2.22. The smallest absolute Gasteiger partial charge is 0.407 e. The molecule has 1 aromatic carbocycles. The average molecular weight is 560 g/mol. The Bertz CT molecular complexity index is 1280. The molecule has 0 aliphatic carbocycles. The van der Waals surface area contributed by atoms with Crippen molar-refractivity contribution >= 4 is 33.1 Å². The fourth-order valence-corrected chi connectivity index (χ4v) is 4.53. The van der Waals surface area contributed by atoms with E-state index in [1.165, 1.54) is 0 Å². The fourth-order valence-electron chi connectivity index (χ4n) is 3.91. The summed E-state index contributed by atoms with van der Waals surface area (Å²) in [4.78, 5) is 28.2. The number of aryl methyl sites for hydroxylation is 1. The number of aromatic nitrogens is 2. The topological polar surface area (TPSA) is 112 Å². The van der Waals surface area contributed by atoms with Gasteiger partial charge in [0.05, 0.1) is 17.9 Å². The number of hydrogen-bond acceptors (Lipinski definition) is 6. The van der Waals surface area contributed by atoms with Crippen LogP contribution in [-0.4, -0.2) is 70.0 Å². The minimum Gasteiger partial charge on any atom is -0.481 e. The van der Waals surface area contributed by atoms with E-state index in [1.54, 1.807) is 27.0 Å². The van der Waals surface area contributed by atoms with Gasteiger partial charge in [-0.25, -0.2) is 19.8 Å². The second-order valence-electron chi connectivity index (χ2n) is 11.5. The normalized spacial score (nSPS) is 13.2. The number of carboxylic acids is 1. The van der Waals surface area contributed by atoms with Crippen molar-refractivity contribution in [1.82, 2.24) is 14.9 Å². The molecule has 3 aromatic rings. The van der Waals surface area contributed by atoms with Crippen molar-refractivity contribution in [3.05, 3.63) is 53.9 Å². The molecule has 0 aliphatic rings. The third-order valence-electron chi connectivity index (χ3n) is 5.85. The van der Waals surface area contributed by atoms with Crippen LogP contribution in [0.2, 0.25) is 0 Å². The molecule has 10 heteroatoms. The molecule has 2 N–H and O–H groups in total. The second-order valence-corrected chi connectivity index (χ2v) is 16.1. The summed E-state index contributed by atoms with van der Waals surface area (Å²) in [6.07, 6.45) is 10.2. The van der Waals surface area contributed by atoms with Gasteiger partial charge in [-0.1, -0.05) is 12.1 Å². The maximum absolute atomic E-state index is 11.9. The fraction of sp³-hybridized carbons (Fsp3) is 0.483. The Morgan fingerprint density at radius 3 is 2.44 bits per heavy atom. The Kier molecular flexibility index (Phi) is 9.90. The lowest BCUT2D eigenvalue weighted by molar-refractivity contribution is -0.141. The van der Waals surface area contributed by atoms with E-state index in [2.05, 4.69) is 29.1 Å².